The number of nitrogens with one attached hydrogen (secondary N) is 2. The Morgan fingerprint density at radius 3 is 2.26 bits per heavy atom. The van der Waals surface area contributed by atoms with Crippen LogP contribution in [0.5, 0.6) is 0 Å². The van der Waals surface area contributed by atoms with Crippen molar-refractivity contribution in [2.24, 2.45) is 0 Å². The molecule has 3 heterocycles. The molecule has 0 bridgehead atoms. The van der Waals surface area contributed by atoms with Crippen LogP contribution in [0.2, 0.25) is 0 Å². The molecule has 35 heavy (non-hydrogen) atoms. The lowest BCUT2D eigenvalue weighted by Crippen LogP contribution is -2.19. The molecule has 0 unspecified atom stereocenters. The van der Waals surface area contributed by atoms with Crippen molar-refractivity contribution >= 4 is 23.1 Å². The standard InChI is InChI=1S/C25H17F3N6O/c26-25(27,28)18-4-2-6-20(14-18)32-24(35)31-19-5-1-3-17(13-19)22-9-12-30-23-15-21(33-34(22)23)16-7-10-29-11-8-16/h1-15H,(H2,31,32,35). The number of carbonyl (C=O) groups excluding carboxylic acids is 1. The maximum absolute atomic E-state index is 12.9. The van der Waals surface area contributed by atoms with Gasteiger partial charge in [-0.25, -0.2) is 14.3 Å². The molecule has 3 aromatic heterocycles. The third-order valence-corrected chi connectivity index (χ3v) is 5.20. The topological polar surface area (TPSA) is 84.2 Å². The fraction of sp³-hybridized carbons (Fsp3) is 0.0400. The molecule has 2 aromatic carbocycles. The summed E-state index contributed by atoms with van der Waals surface area (Å²) in [5.41, 5.74) is 3.44. The van der Waals surface area contributed by atoms with Crippen LogP contribution in [0.1, 0.15) is 5.56 Å². The summed E-state index contributed by atoms with van der Waals surface area (Å²) in [5.74, 6) is 0. The first-order valence-corrected chi connectivity index (χ1v) is 10.5. The zero-order valence-corrected chi connectivity index (χ0v) is 18.0. The van der Waals surface area contributed by atoms with Crippen LogP contribution >= 0.6 is 0 Å². The van der Waals surface area contributed by atoms with Gasteiger partial charge in [-0.2, -0.15) is 18.3 Å². The lowest BCUT2D eigenvalue weighted by molar-refractivity contribution is -0.137. The molecule has 5 rings (SSSR count). The molecule has 5 aromatic rings. The number of pyridine rings is 1. The van der Waals surface area contributed by atoms with E-state index in [9.17, 15) is 18.0 Å². The van der Waals surface area contributed by atoms with Crippen molar-refractivity contribution in [1.82, 2.24) is 19.6 Å². The number of aromatic nitrogens is 4. The van der Waals surface area contributed by atoms with E-state index in [2.05, 4.69) is 25.7 Å². The van der Waals surface area contributed by atoms with Gasteiger partial charge >= 0.3 is 12.2 Å². The number of anilines is 2. The SMILES string of the molecule is O=C(Nc1cccc(-c2ccnc3cc(-c4ccncc4)nn23)c1)Nc1cccc(C(F)(F)F)c1. The number of fused-ring (bicyclic) bond motifs is 1. The van der Waals surface area contributed by atoms with E-state index in [1.807, 2.05) is 24.3 Å². The number of alkyl halides is 3. The number of benzene rings is 2. The molecule has 174 valence electrons. The number of urea groups is 1. The minimum absolute atomic E-state index is 0.0319. The second-order valence-electron chi connectivity index (χ2n) is 7.60. The summed E-state index contributed by atoms with van der Waals surface area (Å²) in [5, 5.41) is 9.75. The summed E-state index contributed by atoms with van der Waals surface area (Å²) in [6, 6.07) is 18.2. The summed E-state index contributed by atoms with van der Waals surface area (Å²) in [4.78, 5) is 20.8. The first-order valence-electron chi connectivity index (χ1n) is 10.5. The van der Waals surface area contributed by atoms with Crippen LogP contribution in [-0.2, 0) is 6.18 Å². The Morgan fingerprint density at radius 2 is 1.51 bits per heavy atom. The van der Waals surface area contributed by atoms with Crippen molar-refractivity contribution in [1.29, 1.82) is 0 Å². The van der Waals surface area contributed by atoms with Crippen LogP contribution < -0.4 is 10.6 Å². The Balaban J connectivity index is 1.39. The molecule has 7 nitrogen and oxygen atoms in total. The molecule has 0 radical (unpaired) electrons. The van der Waals surface area contributed by atoms with E-state index in [0.29, 0.717) is 11.3 Å². The summed E-state index contributed by atoms with van der Waals surface area (Å²) in [6.45, 7) is 0. The van der Waals surface area contributed by atoms with Crippen LogP contribution in [0.25, 0.3) is 28.2 Å². The highest BCUT2D eigenvalue weighted by molar-refractivity contribution is 6.00. The molecule has 0 aliphatic heterocycles. The van der Waals surface area contributed by atoms with Crippen molar-refractivity contribution in [2.45, 2.75) is 6.18 Å². The highest BCUT2D eigenvalue weighted by Crippen LogP contribution is 2.31. The lowest BCUT2D eigenvalue weighted by atomic mass is 10.1. The largest absolute Gasteiger partial charge is 0.416 e. The molecular weight excluding hydrogens is 457 g/mol. The minimum Gasteiger partial charge on any atom is -0.308 e. The predicted molar refractivity (Wildman–Crippen MR) is 126 cm³/mol. The number of hydrogen-bond acceptors (Lipinski definition) is 4. The lowest BCUT2D eigenvalue weighted by Gasteiger charge is -2.12. The van der Waals surface area contributed by atoms with Gasteiger partial charge < -0.3 is 10.6 Å². The molecule has 0 fully saturated rings. The van der Waals surface area contributed by atoms with Gasteiger partial charge in [-0.15, -0.1) is 0 Å². The molecule has 2 amide bonds. The Kier molecular flexibility index (Phi) is 5.61. The second-order valence-corrected chi connectivity index (χ2v) is 7.60. The zero-order chi connectivity index (χ0) is 24.4. The number of halogens is 3. The van der Waals surface area contributed by atoms with Crippen LogP contribution in [0.4, 0.5) is 29.3 Å². The molecule has 0 aliphatic carbocycles. The quantitative estimate of drug-likeness (QED) is 0.329. The predicted octanol–water partition coefficient (Wildman–Crippen LogP) is 6.12. The third-order valence-electron chi connectivity index (χ3n) is 5.20. The summed E-state index contributed by atoms with van der Waals surface area (Å²) >= 11 is 0. The highest BCUT2D eigenvalue weighted by Gasteiger charge is 2.30. The van der Waals surface area contributed by atoms with Crippen LogP contribution in [-0.4, -0.2) is 25.6 Å². The average molecular weight is 474 g/mol. The molecule has 0 spiro atoms. The second kappa shape index (κ2) is 8.90. The fourth-order valence-electron chi connectivity index (χ4n) is 3.60. The Labute approximate surface area is 197 Å². The molecular formula is C25H17F3N6O. The van der Waals surface area contributed by atoms with Gasteiger partial charge in [0, 0.05) is 47.2 Å². The van der Waals surface area contributed by atoms with Crippen molar-refractivity contribution < 1.29 is 18.0 Å². The first kappa shape index (κ1) is 22.1. The normalized spacial score (nSPS) is 11.4. The van der Waals surface area contributed by atoms with E-state index in [0.717, 1.165) is 34.6 Å². The number of carbonyl (C=O) groups is 1. The maximum atomic E-state index is 12.9. The molecule has 0 saturated heterocycles. The Hall–Kier alpha value is -4.73. The molecule has 0 atom stereocenters. The monoisotopic (exact) mass is 474 g/mol. The van der Waals surface area contributed by atoms with E-state index in [-0.39, 0.29) is 5.69 Å². The molecule has 2 N–H and O–H groups in total. The number of amides is 2. The Bertz CT molecular complexity index is 1510. The molecule has 10 heteroatoms. The number of rotatable bonds is 4. The van der Waals surface area contributed by atoms with E-state index in [1.165, 1.54) is 12.1 Å². The van der Waals surface area contributed by atoms with Gasteiger partial charge in [-0.1, -0.05) is 18.2 Å². The number of nitrogens with zero attached hydrogens (tertiary/aromatic N) is 4. The zero-order valence-electron chi connectivity index (χ0n) is 18.0. The van der Waals surface area contributed by atoms with E-state index < -0.39 is 17.8 Å². The van der Waals surface area contributed by atoms with E-state index in [4.69, 9.17) is 0 Å². The average Bonchev–Trinajstić information content (AvgIpc) is 3.29. The van der Waals surface area contributed by atoms with Gasteiger partial charge in [-0.05, 0) is 48.5 Å². The number of hydrogen-bond donors (Lipinski definition) is 2. The minimum atomic E-state index is -4.50. The maximum Gasteiger partial charge on any atom is 0.416 e. The van der Waals surface area contributed by atoms with Crippen molar-refractivity contribution in [2.75, 3.05) is 10.6 Å². The summed E-state index contributed by atoms with van der Waals surface area (Å²) in [6.07, 6.45) is 0.547. The van der Waals surface area contributed by atoms with E-state index in [1.54, 1.807) is 47.4 Å². The first-order chi connectivity index (χ1) is 16.9. The van der Waals surface area contributed by atoms with Gasteiger partial charge in [0.05, 0.1) is 17.0 Å². The van der Waals surface area contributed by atoms with Gasteiger partial charge in [0.25, 0.3) is 0 Å². The van der Waals surface area contributed by atoms with Crippen LogP contribution in [0.3, 0.4) is 0 Å². The van der Waals surface area contributed by atoms with Gasteiger partial charge in [0.15, 0.2) is 5.65 Å². The Morgan fingerprint density at radius 1 is 0.800 bits per heavy atom. The van der Waals surface area contributed by atoms with Crippen molar-refractivity contribution in [3.8, 4) is 22.5 Å². The highest BCUT2D eigenvalue weighted by atomic mass is 19.4. The van der Waals surface area contributed by atoms with Gasteiger partial charge in [-0.3, -0.25) is 4.98 Å². The van der Waals surface area contributed by atoms with Gasteiger partial charge in [0.1, 0.15) is 0 Å². The molecule has 0 saturated carbocycles. The van der Waals surface area contributed by atoms with E-state index >= 15 is 0 Å². The fourth-order valence-corrected chi connectivity index (χ4v) is 3.60. The van der Waals surface area contributed by atoms with Gasteiger partial charge in [0.2, 0.25) is 0 Å². The van der Waals surface area contributed by atoms with Crippen LogP contribution in [0, 0.1) is 0 Å². The molecule has 0 aliphatic rings. The van der Waals surface area contributed by atoms with Crippen molar-refractivity contribution in [3.05, 3.63) is 97.0 Å². The summed E-state index contributed by atoms with van der Waals surface area (Å²) < 4.78 is 40.5. The van der Waals surface area contributed by atoms with Crippen LogP contribution in [0.15, 0.2) is 91.4 Å². The van der Waals surface area contributed by atoms with Crippen molar-refractivity contribution in [3.63, 3.8) is 0 Å². The summed E-state index contributed by atoms with van der Waals surface area (Å²) in [7, 11) is 0. The third kappa shape index (κ3) is 4.81. The smallest absolute Gasteiger partial charge is 0.308 e.